The maximum absolute atomic E-state index is 12.5. The van der Waals surface area contributed by atoms with Crippen LogP contribution in [0, 0.1) is 27.7 Å². The van der Waals surface area contributed by atoms with Crippen LogP contribution in [0.15, 0.2) is 47.6 Å². The smallest absolute Gasteiger partial charge is 0.260 e. The van der Waals surface area contributed by atoms with E-state index in [1.807, 2.05) is 19.9 Å². The molecule has 0 aliphatic carbocycles. The number of hydrogen-bond acceptors (Lipinski definition) is 4. The summed E-state index contributed by atoms with van der Waals surface area (Å²) >= 11 is 12.1. The third kappa shape index (κ3) is 5.81. The third-order valence-electron chi connectivity index (χ3n) is 5.48. The van der Waals surface area contributed by atoms with Crippen molar-refractivity contribution in [1.29, 1.82) is 0 Å². The molecule has 1 N–H and O–H groups in total. The van der Waals surface area contributed by atoms with Crippen molar-refractivity contribution in [1.82, 2.24) is 9.99 Å². The molecule has 0 radical (unpaired) electrons. The lowest BCUT2D eigenvalue weighted by molar-refractivity contribution is -0.119. The lowest BCUT2D eigenvalue weighted by Crippen LogP contribution is -2.39. The van der Waals surface area contributed by atoms with Gasteiger partial charge in [-0.05, 0) is 75.2 Å². The first-order chi connectivity index (χ1) is 15.9. The number of nitrogens with zero attached hydrogens (tertiary/aromatic N) is 3. The summed E-state index contributed by atoms with van der Waals surface area (Å²) in [7, 11) is -3.80. The number of carbonyl (C=O) groups excluding carboxylic acids is 1. The molecular formula is C24H26Cl2N4O3S. The Morgan fingerprint density at radius 1 is 1.06 bits per heavy atom. The molecule has 0 spiro atoms. The Bertz CT molecular complexity index is 1380. The fourth-order valence-corrected chi connectivity index (χ4v) is 4.87. The number of carbonyl (C=O) groups is 1. The molecule has 1 aromatic heterocycles. The van der Waals surface area contributed by atoms with E-state index >= 15 is 0 Å². The number of nitrogens with one attached hydrogen (secondary N) is 1. The molecule has 2 aromatic carbocycles. The van der Waals surface area contributed by atoms with Gasteiger partial charge in [0.2, 0.25) is 10.0 Å². The number of rotatable bonds is 7. The van der Waals surface area contributed by atoms with Gasteiger partial charge in [-0.2, -0.15) is 5.10 Å². The maximum atomic E-state index is 12.5. The Hall–Kier alpha value is -2.81. The number of hydrogen-bond donors (Lipinski definition) is 1. The molecule has 0 aliphatic rings. The molecule has 3 rings (SSSR count). The summed E-state index contributed by atoms with van der Waals surface area (Å²) in [5.74, 6) is -0.624. The van der Waals surface area contributed by atoms with Crippen molar-refractivity contribution in [2.45, 2.75) is 27.7 Å². The van der Waals surface area contributed by atoms with Crippen molar-refractivity contribution in [3.8, 4) is 5.69 Å². The van der Waals surface area contributed by atoms with E-state index in [-0.39, 0.29) is 10.7 Å². The normalized spacial score (nSPS) is 11.7. The van der Waals surface area contributed by atoms with Crippen LogP contribution in [0.2, 0.25) is 10.0 Å². The van der Waals surface area contributed by atoms with E-state index in [1.54, 1.807) is 0 Å². The second-order valence-corrected chi connectivity index (χ2v) is 10.8. The predicted molar refractivity (Wildman–Crippen MR) is 139 cm³/mol. The van der Waals surface area contributed by atoms with E-state index in [4.69, 9.17) is 23.2 Å². The van der Waals surface area contributed by atoms with Crippen LogP contribution in [0.1, 0.15) is 28.1 Å². The summed E-state index contributed by atoms with van der Waals surface area (Å²) in [4.78, 5) is 12.5. The highest BCUT2D eigenvalue weighted by Gasteiger charge is 2.23. The standard InChI is InChI=1S/C24H26Cl2N4O3S/c1-15-6-8-21(10-16(15)2)30-17(3)11-19(18(30)4)13-27-28-24(31)14-29(34(5,32)33)23-12-20(25)7-9-22(23)26/h6-13H,14H2,1-5H3,(H,28,31)/b27-13-. The minimum absolute atomic E-state index is 0.118. The molecule has 180 valence electrons. The second kappa shape index (κ2) is 10.2. The minimum atomic E-state index is -3.80. The van der Waals surface area contributed by atoms with E-state index in [2.05, 4.69) is 47.1 Å². The number of amides is 1. The number of aryl methyl sites for hydroxylation is 3. The first kappa shape index (κ1) is 25.8. The highest BCUT2D eigenvalue weighted by atomic mass is 35.5. The summed E-state index contributed by atoms with van der Waals surface area (Å²) in [5, 5.41) is 4.49. The Kier molecular flexibility index (Phi) is 7.75. The van der Waals surface area contributed by atoms with Gasteiger partial charge in [-0.3, -0.25) is 9.10 Å². The SMILES string of the molecule is Cc1ccc(-n2c(C)cc(/C=N\NC(=O)CN(c3cc(Cl)ccc3Cl)S(C)(=O)=O)c2C)cc1C. The van der Waals surface area contributed by atoms with Gasteiger partial charge in [0, 0.05) is 27.7 Å². The Labute approximate surface area is 210 Å². The van der Waals surface area contributed by atoms with Crippen molar-refractivity contribution in [3.05, 3.63) is 80.6 Å². The van der Waals surface area contributed by atoms with Gasteiger partial charge in [0.25, 0.3) is 5.91 Å². The molecule has 34 heavy (non-hydrogen) atoms. The zero-order chi connectivity index (χ0) is 25.2. The summed E-state index contributed by atoms with van der Waals surface area (Å²) < 4.78 is 27.6. The predicted octanol–water partition coefficient (Wildman–Crippen LogP) is 4.93. The van der Waals surface area contributed by atoms with Crippen molar-refractivity contribution in [2.75, 3.05) is 17.1 Å². The average Bonchev–Trinajstić information content (AvgIpc) is 3.02. The second-order valence-electron chi connectivity index (χ2n) is 8.09. The van der Waals surface area contributed by atoms with Gasteiger partial charge in [-0.25, -0.2) is 13.8 Å². The van der Waals surface area contributed by atoms with Crippen LogP contribution >= 0.6 is 23.2 Å². The van der Waals surface area contributed by atoms with Gasteiger partial charge in [0.05, 0.1) is 23.2 Å². The van der Waals surface area contributed by atoms with Gasteiger partial charge in [0.1, 0.15) is 6.54 Å². The molecule has 7 nitrogen and oxygen atoms in total. The van der Waals surface area contributed by atoms with Gasteiger partial charge in [0.15, 0.2) is 0 Å². The lowest BCUT2D eigenvalue weighted by Gasteiger charge is -2.22. The number of halogens is 2. The average molecular weight is 521 g/mol. The van der Waals surface area contributed by atoms with Crippen LogP contribution in [0.5, 0.6) is 0 Å². The van der Waals surface area contributed by atoms with Crippen LogP contribution in [0.3, 0.4) is 0 Å². The van der Waals surface area contributed by atoms with E-state index < -0.39 is 22.5 Å². The summed E-state index contributed by atoms with van der Waals surface area (Å²) in [6.07, 6.45) is 2.53. The topological polar surface area (TPSA) is 83.8 Å². The van der Waals surface area contributed by atoms with Crippen molar-refractivity contribution < 1.29 is 13.2 Å². The molecule has 1 amide bonds. The third-order valence-corrected chi connectivity index (χ3v) is 7.16. The van der Waals surface area contributed by atoms with E-state index in [9.17, 15) is 13.2 Å². The molecule has 0 unspecified atom stereocenters. The highest BCUT2D eigenvalue weighted by molar-refractivity contribution is 7.92. The number of hydrazone groups is 1. The van der Waals surface area contributed by atoms with Crippen LogP contribution in [-0.2, 0) is 14.8 Å². The molecule has 0 bridgehead atoms. The van der Waals surface area contributed by atoms with Crippen molar-refractivity contribution in [3.63, 3.8) is 0 Å². The summed E-state index contributed by atoms with van der Waals surface area (Å²) in [6, 6.07) is 12.6. The monoisotopic (exact) mass is 520 g/mol. The fourth-order valence-electron chi connectivity index (χ4n) is 3.58. The van der Waals surface area contributed by atoms with E-state index in [1.165, 1.54) is 35.5 Å². The molecule has 0 saturated heterocycles. The zero-order valence-electron chi connectivity index (χ0n) is 19.6. The number of benzene rings is 2. The first-order valence-electron chi connectivity index (χ1n) is 10.4. The fraction of sp³-hybridized carbons (Fsp3) is 0.250. The van der Waals surface area contributed by atoms with Crippen molar-refractivity contribution >= 4 is 51.0 Å². The Morgan fingerprint density at radius 3 is 2.41 bits per heavy atom. The molecule has 0 saturated carbocycles. The minimum Gasteiger partial charge on any atom is -0.318 e. The summed E-state index contributed by atoms with van der Waals surface area (Å²) in [6.45, 7) is 7.61. The Balaban J connectivity index is 1.78. The van der Waals surface area contributed by atoms with Crippen LogP contribution in [-0.4, -0.2) is 37.9 Å². The molecule has 3 aromatic rings. The molecule has 0 atom stereocenters. The van der Waals surface area contributed by atoms with Gasteiger partial charge < -0.3 is 4.57 Å². The van der Waals surface area contributed by atoms with E-state index in [0.717, 1.165) is 33.2 Å². The number of aromatic nitrogens is 1. The van der Waals surface area contributed by atoms with Crippen LogP contribution < -0.4 is 9.73 Å². The number of anilines is 1. The molecule has 0 fully saturated rings. The Morgan fingerprint density at radius 2 is 1.76 bits per heavy atom. The molecule has 0 aliphatic heterocycles. The molecule has 10 heteroatoms. The van der Waals surface area contributed by atoms with Crippen LogP contribution in [0.4, 0.5) is 5.69 Å². The largest absolute Gasteiger partial charge is 0.318 e. The summed E-state index contributed by atoms with van der Waals surface area (Å²) in [5.41, 5.74) is 8.78. The van der Waals surface area contributed by atoms with E-state index in [0.29, 0.717) is 5.02 Å². The van der Waals surface area contributed by atoms with Crippen LogP contribution in [0.25, 0.3) is 5.69 Å². The first-order valence-corrected chi connectivity index (χ1v) is 13.0. The zero-order valence-corrected chi connectivity index (χ0v) is 21.9. The maximum Gasteiger partial charge on any atom is 0.260 e. The number of sulfonamides is 1. The molecule has 1 heterocycles. The molecular weight excluding hydrogens is 495 g/mol. The van der Waals surface area contributed by atoms with Gasteiger partial charge >= 0.3 is 0 Å². The lowest BCUT2D eigenvalue weighted by atomic mass is 10.1. The van der Waals surface area contributed by atoms with Gasteiger partial charge in [-0.15, -0.1) is 0 Å². The van der Waals surface area contributed by atoms with Gasteiger partial charge in [-0.1, -0.05) is 29.3 Å². The highest BCUT2D eigenvalue weighted by Crippen LogP contribution is 2.30. The quantitative estimate of drug-likeness (QED) is 0.353. The van der Waals surface area contributed by atoms with Crippen molar-refractivity contribution in [2.24, 2.45) is 5.10 Å².